The zero-order chi connectivity index (χ0) is 12.9. The molecule has 1 unspecified atom stereocenters. The molecule has 0 bridgehead atoms. The predicted octanol–water partition coefficient (Wildman–Crippen LogP) is 3.59. The number of pyridine rings is 1. The van der Waals surface area contributed by atoms with Crippen LogP contribution in [0.5, 0.6) is 0 Å². The third-order valence-electron chi connectivity index (χ3n) is 3.59. The largest absolute Gasteiger partial charge is 0.388 e. The van der Waals surface area contributed by atoms with Crippen LogP contribution in [0.25, 0.3) is 6.08 Å². The third-order valence-corrected chi connectivity index (χ3v) is 3.59. The van der Waals surface area contributed by atoms with Crippen molar-refractivity contribution in [1.29, 1.82) is 0 Å². The van der Waals surface area contributed by atoms with Crippen LogP contribution in [0.1, 0.15) is 30.0 Å². The number of allylic oxidation sites excluding steroid dienone is 1. The molecule has 19 heavy (non-hydrogen) atoms. The molecule has 2 heteroatoms. The van der Waals surface area contributed by atoms with Gasteiger partial charge in [-0.15, -0.1) is 0 Å². The zero-order valence-electron chi connectivity index (χ0n) is 10.9. The van der Waals surface area contributed by atoms with Gasteiger partial charge < -0.3 is 5.32 Å². The smallest absolute Gasteiger partial charge is 0.0646 e. The summed E-state index contributed by atoms with van der Waals surface area (Å²) >= 11 is 0. The van der Waals surface area contributed by atoms with Gasteiger partial charge in [0.2, 0.25) is 0 Å². The molecule has 1 N–H and O–H groups in total. The van der Waals surface area contributed by atoms with E-state index in [1.807, 2.05) is 24.4 Å². The molecule has 1 saturated heterocycles. The van der Waals surface area contributed by atoms with Gasteiger partial charge in [0.1, 0.15) is 0 Å². The Labute approximate surface area is 114 Å². The Bertz CT molecular complexity index is 546. The van der Waals surface area contributed by atoms with Gasteiger partial charge in [-0.25, -0.2) is 0 Å². The molecule has 2 nitrogen and oxygen atoms in total. The maximum Gasteiger partial charge on any atom is 0.0646 e. The van der Waals surface area contributed by atoms with Crippen molar-refractivity contribution in [2.45, 2.75) is 18.8 Å². The van der Waals surface area contributed by atoms with Crippen LogP contribution in [0, 0.1) is 0 Å². The van der Waals surface area contributed by atoms with Gasteiger partial charge in [-0.05, 0) is 42.5 Å². The maximum absolute atomic E-state index is 4.35. The summed E-state index contributed by atoms with van der Waals surface area (Å²) in [5.41, 5.74) is 3.76. The lowest BCUT2D eigenvalue weighted by Crippen LogP contribution is -2.24. The van der Waals surface area contributed by atoms with Crippen LogP contribution in [0.2, 0.25) is 0 Å². The van der Waals surface area contributed by atoms with Gasteiger partial charge in [0, 0.05) is 18.4 Å². The van der Waals surface area contributed by atoms with E-state index in [1.54, 1.807) is 0 Å². The number of nitrogens with one attached hydrogen (secondary N) is 1. The zero-order valence-corrected chi connectivity index (χ0v) is 10.9. The summed E-state index contributed by atoms with van der Waals surface area (Å²) in [7, 11) is 0. The lowest BCUT2D eigenvalue weighted by Gasteiger charge is -2.26. The van der Waals surface area contributed by atoms with E-state index in [4.69, 9.17) is 0 Å². The number of hydrogen-bond acceptors (Lipinski definition) is 2. The summed E-state index contributed by atoms with van der Waals surface area (Å²) in [6.07, 6.45) is 6.27. The first-order valence-corrected chi connectivity index (χ1v) is 6.82. The Morgan fingerprint density at radius 1 is 1.05 bits per heavy atom. The molecule has 1 aliphatic heterocycles. The second kappa shape index (κ2) is 5.70. The van der Waals surface area contributed by atoms with E-state index in [1.165, 1.54) is 17.7 Å². The number of nitrogens with zero attached hydrogens (tertiary/aromatic N) is 1. The highest BCUT2D eigenvalue weighted by atomic mass is 14.9. The van der Waals surface area contributed by atoms with Crippen LogP contribution in [0.3, 0.4) is 0 Å². The molecule has 0 saturated carbocycles. The molecular formula is C17H18N2. The van der Waals surface area contributed by atoms with E-state index >= 15 is 0 Å². The van der Waals surface area contributed by atoms with E-state index in [9.17, 15) is 0 Å². The Morgan fingerprint density at radius 2 is 1.89 bits per heavy atom. The molecule has 1 atom stereocenters. The standard InChI is InChI=1S/C17H18N2/c1-2-6-14(7-3-1)15-9-11-19-17(12-15)13-16-8-4-5-10-18-16/h1-8,10,13,15,19H,9,11-12H2. The van der Waals surface area contributed by atoms with Crippen LogP contribution in [0.15, 0.2) is 60.4 Å². The van der Waals surface area contributed by atoms with Gasteiger partial charge in [-0.3, -0.25) is 4.98 Å². The summed E-state index contributed by atoms with van der Waals surface area (Å²) in [5.74, 6) is 0.623. The Balaban J connectivity index is 1.77. The van der Waals surface area contributed by atoms with Crippen molar-refractivity contribution in [3.05, 3.63) is 71.7 Å². The van der Waals surface area contributed by atoms with Crippen molar-refractivity contribution >= 4 is 6.08 Å². The highest BCUT2D eigenvalue weighted by Gasteiger charge is 2.17. The molecule has 2 aromatic rings. The van der Waals surface area contributed by atoms with Crippen LogP contribution in [-0.4, -0.2) is 11.5 Å². The predicted molar refractivity (Wildman–Crippen MR) is 78.6 cm³/mol. The normalized spacial score (nSPS) is 21.1. The van der Waals surface area contributed by atoms with E-state index in [0.29, 0.717) is 5.92 Å². The van der Waals surface area contributed by atoms with Crippen molar-refractivity contribution in [2.75, 3.05) is 6.54 Å². The number of rotatable bonds is 2. The average molecular weight is 250 g/mol. The molecule has 0 amide bonds. The van der Waals surface area contributed by atoms with Crippen LogP contribution in [0.4, 0.5) is 0 Å². The number of piperidine rings is 1. The van der Waals surface area contributed by atoms with Crippen molar-refractivity contribution in [2.24, 2.45) is 0 Å². The molecule has 0 spiro atoms. The third kappa shape index (κ3) is 3.02. The number of hydrogen-bond donors (Lipinski definition) is 1. The molecule has 1 aromatic heterocycles. The van der Waals surface area contributed by atoms with Gasteiger partial charge in [-0.2, -0.15) is 0 Å². The molecule has 96 valence electrons. The Kier molecular flexibility index (Phi) is 3.59. The first-order valence-electron chi connectivity index (χ1n) is 6.82. The fourth-order valence-corrected chi connectivity index (χ4v) is 2.61. The lowest BCUT2D eigenvalue weighted by molar-refractivity contribution is 0.520. The van der Waals surface area contributed by atoms with Crippen LogP contribution < -0.4 is 5.32 Å². The van der Waals surface area contributed by atoms with Crippen LogP contribution in [-0.2, 0) is 0 Å². The molecule has 1 fully saturated rings. The Morgan fingerprint density at radius 3 is 2.68 bits per heavy atom. The minimum atomic E-state index is 0.623. The van der Waals surface area contributed by atoms with Crippen molar-refractivity contribution in [1.82, 2.24) is 10.3 Å². The minimum Gasteiger partial charge on any atom is -0.388 e. The highest BCUT2D eigenvalue weighted by molar-refractivity contribution is 5.48. The lowest BCUT2D eigenvalue weighted by atomic mass is 9.88. The minimum absolute atomic E-state index is 0.623. The van der Waals surface area contributed by atoms with E-state index in [2.05, 4.69) is 46.7 Å². The summed E-state index contributed by atoms with van der Waals surface area (Å²) in [4.78, 5) is 4.35. The maximum atomic E-state index is 4.35. The van der Waals surface area contributed by atoms with Gasteiger partial charge >= 0.3 is 0 Å². The van der Waals surface area contributed by atoms with E-state index in [-0.39, 0.29) is 0 Å². The SMILES string of the molecule is C(=C1CC(c2ccccc2)CCN1)c1ccccn1. The van der Waals surface area contributed by atoms with E-state index in [0.717, 1.165) is 18.7 Å². The highest BCUT2D eigenvalue weighted by Crippen LogP contribution is 2.29. The topological polar surface area (TPSA) is 24.9 Å². The van der Waals surface area contributed by atoms with Crippen molar-refractivity contribution in [3.63, 3.8) is 0 Å². The number of benzene rings is 1. The van der Waals surface area contributed by atoms with Crippen LogP contribution >= 0.6 is 0 Å². The Hall–Kier alpha value is -2.09. The average Bonchev–Trinajstić information content (AvgIpc) is 2.49. The summed E-state index contributed by atoms with van der Waals surface area (Å²) in [6.45, 7) is 1.04. The molecule has 0 aliphatic carbocycles. The molecule has 1 aliphatic rings. The molecule has 0 radical (unpaired) electrons. The summed E-state index contributed by atoms with van der Waals surface area (Å²) in [6, 6.07) is 16.8. The fourth-order valence-electron chi connectivity index (χ4n) is 2.61. The first kappa shape index (κ1) is 12.0. The first-order chi connectivity index (χ1) is 9.42. The van der Waals surface area contributed by atoms with Gasteiger partial charge in [0.05, 0.1) is 5.69 Å². The second-order valence-corrected chi connectivity index (χ2v) is 4.95. The van der Waals surface area contributed by atoms with Gasteiger partial charge in [0.25, 0.3) is 0 Å². The fraction of sp³-hybridized carbons (Fsp3) is 0.235. The van der Waals surface area contributed by atoms with Gasteiger partial charge in [0.15, 0.2) is 0 Å². The molecule has 3 rings (SSSR count). The quantitative estimate of drug-likeness (QED) is 0.881. The molecule has 1 aromatic carbocycles. The van der Waals surface area contributed by atoms with Crippen molar-refractivity contribution in [3.8, 4) is 0 Å². The van der Waals surface area contributed by atoms with E-state index < -0.39 is 0 Å². The number of aromatic nitrogens is 1. The summed E-state index contributed by atoms with van der Waals surface area (Å²) < 4.78 is 0. The second-order valence-electron chi connectivity index (χ2n) is 4.95. The van der Waals surface area contributed by atoms with Crippen molar-refractivity contribution < 1.29 is 0 Å². The summed E-state index contributed by atoms with van der Waals surface area (Å²) in [5, 5.41) is 3.49. The van der Waals surface area contributed by atoms with Gasteiger partial charge in [-0.1, -0.05) is 36.4 Å². The monoisotopic (exact) mass is 250 g/mol. The molecular weight excluding hydrogens is 232 g/mol. The molecule has 2 heterocycles.